The highest BCUT2D eigenvalue weighted by Crippen LogP contribution is 2.24. The van der Waals surface area contributed by atoms with Crippen LogP contribution in [0.2, 0.25) is 0 Å². The zero-order chi connectivity index (χ0) is 14.4. The first-order chi connectivity index (χ1) is 9.72. The van der Waals surface area contributed by atoms with Gasteiger partial charge in [-0.15, -0.1) is 5.10 Å². The van der Waals surface area contributed by atoms with E-state index in [1.54, 1.807) is 11.8 Å². The van der Waals surface area contributed by atoms with Crippen molar-refractivity contribution in [2.45, 2.75) is 38.2 Å². The van der Waals surface area contributed by atoms with E-state index in [0.29, 0.717) is 0 Å². The fourth-order valence-corrected chi connectivity index (χ4v) is 3.12. The molecule has 6 heteroatoms. The maximum Gasteiger partial charge on any atom is 0.209 e. The van der Waals surface area contributed by atoms with E-state index in [9.17, 15) is 0 Å². The highest BCUT2D eigenvalue weighted by Gasteiger charge is 2.09. The van der Waals surface area contributed by atoms with Gasteiger partial charge in [-0.05, 0) is 47.5 Å². The van der Waals surface area contributed by atoms with Crippen molar-refractivity contribution in [2.75, 3.05) is 13.1 Å². The zero-order valence-corrected chi connectivity index (χ0v) is 13.1. The van der Waals surface area contributed by atoms with Gasteiger partial charge in [0.05, 0.1) is 6.54 Å². The second-order valence-electron chi connectivity index (χ2n) is 4.70. The molecule has 2 rings (SSSR count). The fourth-order valence-electron chi connectivity index (χ4n) is 2.02. The van der Waals surface area contributed by atoms with Crippen molar-refractivity contribution in [1.82, 2.24) is 25.5 Å². The molecule has 0 fully saturated rings. The van der Waals surface area contributed by atoms with Crippen molar-refractivity contribution >= 4 is 11.8 Å². The molecule has 0 radical (unpaired) electrons. The van der Waals surface area contributed by atoms with Gasteiger partial charge in [-0.2, -0.15) is 0 Å². The molecule has 0 bridgehead atoms. The molecule has 0 amide bonds. The third-order valence-electron chi connectivity index (χ3n) is 3.24. The van der Waals surface area contributed by atoms with E-state index < -0.39 is 0 Å². The third-order valence-corrected chi connectivity index (χ3v) is 4.22. The minimum Gasteiger partial charge on any atom is -0.315 e. The molecular formula is C14H21N5S. The number of nitrogens with one attached hydrogen (secondary N) is 1. The predicted octanol–water partition coefficient (Wildman–Crippen LogP) is 2.19. The summed E-state index contributed by atoms with van der Waals surface area (Å²) in [6.07, 6.45) is 0. The van der Waals surface area contributed by atoms with Crippen LogP contribution in [-0.4, -0.2) is 33.3 Å². The van der Waals surface area contributed by atoms with Crippen molar-refractivity contribution in [3.05, 3.63) is 34.9 Å². The molecular weight excluding hydrogens is 270 g/mol. The summed E-state index contributed by atoms with van der Waals surface area (Å²) in [5, 5.41) is 16.1. The van der Waals surface area contributed by atoms with E-state index in [0.717, 1.165) is 30.5 Å². The molecule has 1 aromatic heterocycles. The molecule has 0 saturated heterocycles. The summed E-state index contributed by atoms with van der Waals surface area (Å²) in [6.45, 7) is 9.05. The normalized spacial score (nSPS) is 10.9. The molecule has 20 heavy (non-hydrogen) atoms. The highest BCUT2D eigenvalue weighted by atomic mass is 32.2. The lowest BCUT2D eigenvalue weighted by Crippen LogP contribution is -2.20. The molecule has 0 spiro atoms. The van der Waals surface area contributed by atoms with Crippen LogP contribution < -0.4 is 5.32 Å². The Hall–Kier alpha value is -1.40. The van der Waals surface area contributed by atoms with Crippen LogP contribution >= 0.6 is 11.8 Å². The van der Waals surface area contributed by atoms with Crippen LogP contribution in [0.3, 0.4) is 0 Å². The molecule has 1 aromatic carbocycles. The van der Waals surface area contributed by atoms with E-state index >= 15 is 0 Å². The third kappa shape index (κ3) is 3.80. The summed E-state index contributed by atoms with van der Waals surface area (Å²) >= 11 is 1.69. The number of aryl methyl sites for hydroxylation is 2. The van der Waals surface area contributed by atoms with Gasteiger partial charge in [-0.3, -0.25) is 0 Å². The lowest BCUT2D eigenvalue weighted by Gasteiger charge is -2.09. The molecule has 0 aliphatic heterocycles. The highest BCUT2D eigenvalue weighted by molar-refractivity contribution is 7.98. The van der Waals surface area contributed by atoms with Crippen molar-refractivity contribution in [3.8, 4) is 0 Å². The van der Waals surface area contributed by atoms with Crippen LogP contribution in [0.15, 0.2) is 23.4 Å². The second-order valence-corrected chi connectivity index (χ2v) is 5.64. The Morgan fingerprint density at radius 1 is 1.25 bits per heavy atom. The summed E-state index contributed by atoms with van der Waals surface area (Å²) in [5.74, 6) is 0.903. The monoisotopic (exact) mass is 291 g/mol. The molecule has 0 atom stereocenters. The van der Waals surface area contributed by atoms with Crippen molar-refractivity contribution in [3.63, 3.8) is 0 Å². The van der Waals surface area contributed by atoms with E-state index in [1.165, 1.54) is 16.7 Å². The molecule has 1 heterocycles. The van der Waals surface area contributed by atoms with Crippen LogP contribution in [0.5, 0.6) is 0 Å². The number of hydrogen-bond donors (Lipinski definition) is 1. The number of aromatic nitrogens is 4. The van der Waals surface area contributed by atoms with Crippen LogP contribution in [0.4, 0.5) is 0 Å². The van der Waals surface area contributed by atoms with E-state index in [2.05, 4.69) is 59.8 Å². The SMILES string of the molecule is CCNCCn1nnnc1SCc1c(C)cccc1C. The molecule has 0 unspecified atom stereocenters. The number of tetrazole rings is 1. The Bertz CT molecular complexity index is 532. The lowest BCUT2D eigenvalue weighted by atomic mass is 10.1. The van der Waals surface area contributed by atoms with Gasteiger partial charge in [0.2, 0.25) is 5.16 Å². The summed E-state index contributed by atoms with van der Waals surface area (Å²) in [5.41, 5.74) is 4.02. The molecule has 5 nitrogen and oxygen atoms in total. The smallest absolute Gasteiger partial charge is 0.209 e. The van der Waals surface area contributed by atoms with E-state index in [-0.39, 0.29) is 0 Å². The Kier molecular flexibility index (Phi) is 5.55. The molecule has 0 aliphatic carbocycles. The predicted molar refractivity (Wildman–Crippen MR) is 81.8 cm³/mol. The largest absolute Gasteiger partial charge is 0.315 e. The number of rotatable bonds is 7. The summed E-state index contributed by atoms with van der Waals surface area (Å²) in [6, 6.07) is 6.40. The van der Waals surface area contributed by atoms with Gasteiger partial charge in [-0.25, -0.2) is 4.68 Å². The average Bonchev–Trinajstić information content (AvgIpc) is 2.86. The lowest BCUT2D eigenvalue weighted by molar-refractivity contribution is 0.517. The van der Waals surface area contributed by atoms with E-state index in [1.807, 2.05) is 4.68 Å². The number of hydrogen-bond acceptors (Lipinski definition) is 5. The Balaban J connectivity index is 1.99. The maximum atomic E-state index is 4.11. The van der Waals surface area contributed by atoms with Crippen molar-refractivity contribution in [1.29, 1.82) is 0 Å². The average molecular weight is 291 g/mol. The van der Waals surface area contributed by atoms with Gasteiger partial charge >= 0.3 is 0 Å². The van der Waals surface area contributed by atoms with Gasteiger partial charge < -0.3 is 5.32 Å². The molecule has 108 valence electrons. The first kappa shape index (κ1) is 15.0. The summed E-state index contributed by atoms with van der Waals surface area (Å²) < 4.78 is 1.86. The zero-order valence-electron chi connectivity index (χ0n) is 12.3. The molecule has 2 aromatic rings. The first-order valence-corrected chi connectivity index (χ1v) is 7.85. The Labute approximate surface area is 124 Å². The minimum atomic E-state index is 0.802. The van der Waals surface area contributed by atoms with Crippen LogP contribution in [0.25, 0.3) is 0 Å². The maximum absolute atomic E-state index is 4.11. The quantitative estimate of drug-likeness (QED) is 0.626. The number of benzene rings is 1. The van der Waals surface area contributed by atoms with Gasteiger partial charge in [0.1, 0.15) is 0 Å². The van der Waals surface area contributed by atoms with Crippen LogP contribution in [-0.2, 0) is 12.3 Å². The molecule has 1 N–H and O–H groups in total. The van der Waals surface area contributed by atoms with Gasteiger partial charge in [0, 0.05) is 12.3 Å². The molecule has 0 saturated carbocycles. The van der Waals surface area contributed by atoms with Crippen LogP contribution in [0, 0.1) is 13.8 Å². The van der Waals surface area contributed by atoms with Gasteiger partial charge in [-0.1, -0.05) is 36.9 Å². The van der Waals surface area contributed by atoms with Gasteiger partial charge in [0.15, 0.2) is 0 Å². The van der Waals surface area contributed by atoms with Crippen molar-refractivity contribution in [2.24, 2.45) is 0 Å². The first-order valence-electron chi connectivity index (χ1n) is 6.87. The number of likely N-dealkylation sites (N-methyl/N-ethyl adjacent to an activating group) is 1. The topological polar surface area (TPSA) is 55.6 Å². The standard InChI is InChI=1S/C14H21N5S/c1-4-15-8-9-19-14(16-17-18-19)20-10-13-11(2)6-5-7-12(13)3/h5-7,15H,4,8-10H2,1-3H3. The Morgan fingerprint density at radius 3 is 2.70 bits per heavy atom. The van der Waals surface area contributed by atoms with E-state index in [4.69, 9.17) is 0 Å². The second kappa shape index (κ2) is 7.40. The number of nitrogens with zero attached hydrogens (tertiary/aromatic N) is 4. The Morgan fingerprint density at radius 2 is 2.00 bits per heavy atom. The van der Waals surface area contributed by atoms with Crippen molar-refractivity contribution < 1.29 is 0 Å². The van der Waals surface area contributed by atoms with Gasteiger partial charge in [0.25, 0.3) is 0 Å². The summed E-state index contributed by atoms with van der Waals surface area (Å²) in [7, 11) is 0. The van der Waals surface area contributed by atoms with Crippen LogP contribution in [0.1, 0.15) is 23.6 Å². The fraction of sp³-hybridized carbons (Fsp3) is 0.500. The number of thioether (sulfide) groups is 1. The molecule has 0 aliphatic rings. The minimum absolute atomic E-state index is 0.802. The summed E-state index contributed by atoms with van der Waals surface area (Å²) in [4.78, 5) is 0.